The van der Waals surface area contributed by atoms with Gasteiger partial charge in [-0.3, -0.25) is 0 Å². The lowest BCUT2D eigenvalue weighted by atomic mass is 10.1. The van der Waals surface area contributed by atoms with Gasteiger partial charge in [0.2, 0.25) is 5.75 Å². The molecule has 0 aromatic carbocycles. The number of nitrogens with zero attached hydrogens (tertiary/aromatic N) is 2. The first-order valence-corrected chi connectivity index (χ1v) is 4.51. The fourth-order valence-corrected chi connectivity index (χ4v) is 1.30. The standard InChI is InChI=1S/C9H8F2N2O5/c1-17-6-5(9(14)18-2)4(7(10)11)3-12-8(6)13(15)16/h3,7H,1-2H3. The summed E-state index contributed by atoms with van der Waals surface area (Å²) in [6, 6.07) is 0. The molecule has 7 nitrogen and oxygen atoms in total. The Hall–Kier alpha value is -2.32. The van der Waals surface area contributed by atoms with E-state index in [1.165, 1.54) is 0 Å². The van der Waals surface area contributed by atoms with Gasteiger partial charge in [0.15, 0.2) is 0 Å². The van der Waals surface area contributed by atoms with E-state index < -0.39 is 40.0 Å². The quantitative estimate of drug-likeness (QED) is 0.466. The van der Waals surface area contributed by atoms with Crippen LogP contribution in [0.3, 0.4) is 0 Å². The lowest BCUT2D eigenvalue weighted by Gasteiger charge is -2.10. The van der Waals surface area contributed by atoms with Gasteiger partial charge in [-0.15, -0.1) is 0 Å². The molecule has 9 heteroatoms. The Morgan fingerprint density at radius 1 is 1.50 bits per heavy atom. The molecule has 98 valence electrons. The summed E-state index contributed by atoms with van der Waals surface area (Å²) in [6.45, 7) is 0. The van der Waals surface area contributed by atoms with Crippen molar-refractivity contribution in [1.29, 1.82) is 0 Å². The van der Waals surface area contributed by atoms with Gasteiger partial charge < -0.3 is 19.6 Å². The van der Waals surface area contributed by atoms with Gasteiger partial charge in [-0.25, -0.2) is 13.6 Å². The number of aromatic nitrogens is 1. The Balaban J connectivity index is 3.61. The molecule has 0 unspecified atom stereocenters. The molecule has 1 aromatic heterocycles. The summed E-state index contributed by atoms with van der Waals surface area (Å²) in [6.07, 6.45) is -2.49. The summed E-state index contributed by atoms with van der Waals surface area (Å²) in [4.78, 5) is 24.3. The lowest BCUT2D eigenvalue weighted by Crippen LogP contribution is -2.11. The fourth-order valence-electron chi connectivity index (χ4n) is 1.30. The van der Waals surface area contributed by atoms with Crippen molar-refractivity contribution in [2.24, 2.45) is 0 Å². The van der Waals surface area contributed by atoms with E-state index in [0.29, 0.717) is 6.20 Å². The molecule has 1 rings (SSSR count). The number of carbonyl (C=O) groups excluding carboxylic acids is 1. The van der Waals surface area contributed by atoms with Gasteiger partial charge in [0.05, 0.1) is 19.8 Å². The molecule has 1 heterocycles. The second-order valence-corrected chi connectivity index (χ2v) is 2.99. The summed E-state index contributed by atoms with van der Waals surface area (Å²) < 4.78 is 34.3. The molecular formula is C9H8F2N2O5. The number of hydrogen-bond donors (Lipinski definition) is 0. The zero-order chi connectivity index (χ0) is 13.9. The number of nitro groups is 1. The molecule has 0 aliphatic heterocycles. The third-order valence-electron chi connectivity index (χ3n) is 2.05. The van der Waals surface area contributed by atoms with Crippen molar-refractivity contribution < 1.29 is 28.0 Å². The van der Waals surface area contributed by atoms with Gasteiger partial charge in [-0.2, -0.15) is 0 Å². The maximum Gasteiger partial charge on any atom is 0.407 e. The lowest BCUT2D eigenvalue weighted by molar-refractivity contribution is -0.390. The van der Waals surface area contributed by atoms with Gasteiger partial charge in [0.25, 0.3) is 6.43 Å². The molecule has 0 saturated heterocycles. The number of rotatable bonds is 4. The Morgan fingerprint density at radius 3 is 2.50 bits per heavy atom. The summed E-state index contributed by atoms with van der Waals surface area (Å²) in [5.74, 6) is -2.64. The van der Waals surface area contributed by atoms with Crippen LogP contribution in [-0.2, 0) is 4.74 Å². The van der Waals surface area contributed by atoms with Crippen LogP contribution in [0.5, 0.6) is 5.75 Å². The number of hydrogen-bond acceptors (Lipinski definition) is 6. The molecule has 0 bridgehead atoms. The molecule has 1 aromatic rings. The van der Waals surface area contributed by atoms with Crippen LogP contribution in [0.2, 0.25) is 0 Å². The van der Waals surface area contributed by atoms with Crippen molar-refractivity contribution in [3.05, 3.63) is 27.4 Å². The van der Waals surface area contributed by atoms with Crippen molar-refractivity contribution in [2.75, 3.05) is 14.2 Å². The highest BCUT2D eigenvalue weighted by Crippen LogP contribution is 2.35. The Morgan fingerprint density at radius 2 is 2.11 bits per heavy atom. The van der Waals surface area contributed by atoms with Crippen LogP contribution in [-0.4, -0.2) is 30.1 Å². The highest BCUT2D eigenvalue weighted by molar-refractivity contribution is 5.95. The number of alkyl halides is 2. The molecule has 0 fully saturated rings. The van der Waals surface area contributed by atoms with E-state index in [4.69, 9.17) is 0 Å². The number of ether oxygens (including phenoxy) is 2. The topological polar surface area (TPSA) is 91.6 Å². The van der Waals surface area contributed by atoms with Crippen molar-refractivity contribution in [2.45, 2.75) is 6.43 Å². The summed E-state index contributed by atoms with van der Waals surface area (Å²) in [5.41, 5.74) is -1.49. The van der Waals surface area contributed by atoms with E-state index in [9.17, 15) is 23.7 Å². The molecular weight excluding hydrogens is 254 g/mol. The van der Waals surface area contributed by atoms with Crippen LogP contribution in [0.25, 0.3) is 0 Å². The Bertz CT molecular complexity index is 492. The first-order valence-electron chi connectivity index (χ1n) is 4.51. The van der Waals surface area contributed by atoms with E-state index >= 15 is 0 Å². The van der Waals surface area contributed by atoms with E-state index in [1.54, 1.807) is 0 Å². The first-order chi connectivity index (χ1) is 8.43. The van der Waals surface area contributed by atoms with Crippen LogP contribution in [0.4, 0.5) is 14.6 Å². The minimum Gasteiger partial charge on any atom is -0.488 e. The highest BCUT2D eigenvalue weighted by atomic mass is 19.3. The summed E-state index contributed by atoms with van der Waals surface area (Å²) in [5, 5.41) is 10.6. The van der Waals surface area contributed by atoms with Crippen LogP contribution in [0.1, 0.15) is 22.3 Å². The van der Waals surface area contributed by atoms with Gasteiger partial charge >= 0.3 is 11.8 Å². The molecule has 0 aliphatic carbocycles. The summed E-state index contributed by atoms with van der Waals surface area (Å²) >= 11 is 0. The predicted molar refractivity (Wildman–Crippen MR) is 53.7 cm³/mol. The van der Waals surface area contributed by atoms with Crippen molar-refractivity contribution in [1.82, 2.24) is 4.98 Å². The molecule has 18 heavy (non-hydrogen) atoms. The van der Waals surface area contributed by atoms with E-state index in [-0.39, 0.29) is 0 Å². The average molecular weight is 262 g/mol. The monoisotopic (exact) mass is 262 g/mol. The molecule has 0 radical (unpaired) electrons. The Kier molecular flexibility index (Phi) is 4.08. The fraction of sp³-hybridized carbons (Fsp3) is 0.333. The van der Waals surface area contributed by atoms with Crippen molar-refractivity contribution in [3.63, 3.8) is 0 Å². The largest absolute Gasteiger partial charge is 0.488 e. The van der Waals surface area contributed by atoms with E-state index in [2.05, 4.69) is 14.5 Å². The van der Waals surface area contributed by atoms with Gasteiger partial charge in [0, 0.05) is 0 Å². The van der Waals surface area contributed by atoms with Crippen LogP contribution in [0, 0.1) is 10.1 Å². The normalized spacial score (nSPS) is 10.3. The predicted octanol–water partition coefficient (Wildman–Crippen LogP) is 1.72. The molecule has 0 N–H and O–H groups in total. The van der Waals surface area contributed by atoms with Crippen LogP contribution < -0.4 is 4.74 Å². The molecule has 0 amide bonds. The van der Waals surface area contributed by atoms with Crippen molar-refractivity contribution in [3.8, 4) is 5.75 Å². The van der Waals surface area contributed by atoms with Gasteiger partial charge in [-0.05, 0) is 9.91 Å². The number of methoxy groups -OCH3 is 2. The smallest absolute Gasteiger partial charge is 0.407 e. The zero-order valence-corrected chi connectivity index (χ0v) is 9.35. The third-order valence-corrected chi connectivity index (χ3v) is 2.05. The molecule has 0 atom stereocenters. The number of carbonyl (C=O) groups is 1. The van der Waals surface area contributed by atoms with Crippen LogP contribution in [0.15, 0.2) is 6.20 Å². The third kappa shape index (κ3) is 2.34. The molecule has 0 aliphatic rings. The van der Waals surface area contributed by atoms with E-state index in [1.807, 2.05) is 0 Å². The molecule has 0 spiro atoms. The number of esters is 1. The minimum absolute atomic E-state index is 0.553. The number of pyridine rings is 1. The highest BCUT2D eigenvalue weighted by Gasteiger charge is 2.32. The maximum atomic E-state index is 12.7. The second-order valence-electron chi connectivity index (χ2n) is 2.99. The zero-order valence-electron chi connectivity index (χ0n) is 9.35. The first kappa shape index (κ1) is 13.7. The Labute approximate surface area is 99.5 Å². The van der Waals surface area contributed by atoms with Crippen LogP contribution >= 0.6 is 0 Å². The SMILES string of the molecule is COC(=O)c1c(C(F)F)cnc([N+](=O)[O-])c1OC. The van der Waals surface area contributed by atoms with Gasteiger partial charge in [0.1, 0.15) is 11.8 Å². The second kappa shape index (κ2) is 5.34. The summed E-state index contributed by atoms with van der Waals surface area (Å²) in [7, 11) is 1.97. The maximum absolute atomic E-state index is 12.7. The minimum atomic E-state index is -3.04. The van der Waals surface area contributed by atoms with Gasteiger partial charge in [-0.1, -0.05) is 0 Å². The van der Waals surface area contributed by atoms with Crippen molar-refractivity contribution >= 4 is 11.8 Å². The average Bonchev–Trinajstić information content (AvgIpc) is 2.35. The molecule has 0 saturated carbocycles. The number of halogens is 2. The van der Waals surface area contributed by atoms with E-state index in [0.717, 1.165) is 14.2 Å².